The lowest BCUT2D eigenvalue weighted by molar-refractivity contribution is 1.46. The van der Waals surface area contributed by atoms with Gasteiger partial charge in [0.15, 0.2) is 8.11 Å². The van der Waals surface area contributed by atoms with E-state index in [1.165, 1.54) is 11.3 Å². The van der Waals surface area contributed by atoms with Gasteiger partial charge in [-0.1, -0.05) is 13.1 Å². The zero-order chi connectivity index (χ0) is 5.49. The highest BCUT2D eigenvalue weighted by atomic mass is 35.6. The van der Waals surface area contributed by atoms with Crippen LogP contribution in [0.15, 0.2) is 0 Å². The van der Waals surface area contributed by atoms with Gasteiger partial charge in [0.1, 0.15) is 0 Å². The third-order valence-corrected chi connectivity index (χ3v) is 14.5. The minimum absolute atomic E-state index is 0.266. The van der Waals surface area contributed by atoms with E-state index in [-0.39, 0.29) is 8.11 Å². The minimum Gasteiger partial charge on any atom is -0.170 e. The van der Waals surface area contributed by atoms with E-state index in [1.54, 1.807) is 0 Å². The molecule has 1 aliphatic rings. The van der Waals surface area contributed by atoms with Crippen LogP contribution in [0.1, 0.15) is 0 Å². The summed E-state index contributed by atoms with van der Waals surface area (Å²) in [7, 11) is -0.866. The molecule has 0 N–H and O–H groups in total. The summed E-state index contributed by atoms with van der Waals surface area (Å²) in [6, 6.07) is 0. The molecule has 0 aromatic carbocycles. The van der Waals surface area contributed by atoms with E-state index in [4.69, 9.17) is 11.1 Å². The summed E-state index contributed by atoms with van der Waals surface area (Å²) in [5, 5.41) is 0. The highest BCUT2D eigenvalue weighted by Crippen LogP contribution is 2.32. The summed E-state index contributed by atoms with van der Waals surface area (Å²) in [5.74, 6) is 0. The molecular formula is C4H10ClSi2. The Morgan fingerprint density at radius 2 is 1.86 bits per heavy atom. The average Bonchev–Trinajstić information content (AvgIpc) is 1.27. The van der Waals surface area contributed by atoms with Gasteiger partial charge in [-0.3, -0.25) is 0 Å². The van der Waals surface area contributed by atoms with E-state index in [1.807, 2.05) is 0 Å². The van der Waals surface area contributed by atoms with E-state index in [0.29, 0.717) is 0 Å². The highest BCUT2D eigenvalue weighted by Gasteiger charge is 2.38. The first-order valence-corrected chi connectivity index (χ1v) is 8.94. The lowest BCUT2D eigenvalue weighted by Gasteiger charge is -2.35. The van der Waals surface area contributed by atoms with Crippen molar-refractivity contribution in [2.45, 2.75) is 24.4 Å². The van der Waals surface area contributed by atoms with Gasteiger partial charge in [-0.2, -0.15) is 11.1 Å². The molecule has 41 valence electrons. The fourth-order valence-electron chi connectivity index (χ4n) is 0.987. The van der Waals surface area contributed by atoms with Crippen molar-refractivity contribution >= 4 is 27.3 Å². The molecule has 0 atom stereocenters. The van der Waals surface area contributed by atoms with Crippen LogP contribution >= 0.6 is 11.1 Å². The number of halogens is 1. The van der Waals surface area contributed by atoms with Crippen molar-refractivity contribution in [2.75, 3.05) is 0 Å². The van der Waals surface area contributed by atoms with E-state index in [0.717, 1.165) is 0 Å². The highest BCUT2D eigenvalue weighted by molar-refractivity contribution is 7.24. The summed E-state index contributed by atoms with van der Waals surface area (Å²) >= 11 is 5.87. The molecule has 3 heteroatoms. The molecule has 1 radical (unpaired) electrons. The van der Waals surface area contributed by atoms with E-state index >= 15 is 0 Å². The summed E-state index contributed by atoms with van der Waals surface area (Å²) in [6.07, 6.45) is 0. The molecule has 1 rings (SSSR count). The standard InChI is InChI=1S/C4H10ClSi2/c1-7(2)3-6(5)4-7/h3-4H2,1-2H3. The fraction of sp³-hybridized carbons (Fsp3) is 1.00. The molecular weight excluding hydrogens is 140 g/mol. The van der Waals surface area contributed by atoms with E-state index < -0.39 is 8.07 Å². The molecule has 0 aromatic heterocycles. The van der Waals surface area contributed by atoms with Crippen LogP contribution in [-0.4, -0.2) is 16.2 Å². The SMILES string of the molecule is C[Si]1(C)C[Si](Cl)C1. The van der Waals surface area contributed by atoms with Crippen molar-refractivity contribution < 1.29 is 0 Å². The van der Waals surface area contributed by atoms with Crippen LogP contribution in [0.2, 0.25) is 24.4 Å². The van der Waals surface area contributed by atoms with Gasteiger partial charge in [-0.05, 0) is 11.3 Å². The Labute approximate surface area is 52.2 Å². The van der Waals surface area contributed by atoms with Crippen molar-refractivity contribution in [2.24, 2.45) is 0 Å². The van der Waals surface area contributed by atoms with Crippen molar-refractivity contribution in [1.29, 1.82) is 0 Å². The van der Waals surface area contributed by atoms with Crippen molar-refractivity contribution in [3.63, 3.8) is 0 Å². The molecule has 0 bridgehead atoms. The molecule has 7 heavy (non-hydrogen) atoms. The topological polar surface area (TPSA) is 0 Å². The average molecular weight is 150 g/mol. The Kier molecular flexibility index (Phi) is 1.34. The molecule has 0 aliphatic carbocycles. The third-order valence-electron chi connectivity index (χ3n) is 1.34. The molecule has 1 heterocycles. The first-order chi connectivity index (χ1) is 3.10. The van der Waals surface area contributed by atoms with Gasteiger partial charge >= 0.3 is 0 Å². The van der Waals surface area contributed by atoms with Crippen molar-refractivity contribution in [1.82, 2.24) is 0 Å². The van der Waals surface area contributed by atoms with Crippen LogP contribution in [0, 0.1) is 0 Å². The maximum atomic E-state index is 5.87. The molecule has 0 aromatic rings. The van der Waals surface area contributed by atoms with E-state index in [9.17, 15) is 0 Å². The lowest BCUT2D eigenvalue weighted by Crippen LogP contribution is -2.45. The number of hydrogen-bond donors (Lipinski definition) is 0. The maximum absolute atomic E-state index is 5.87. The number of rotatable bonds is 0. The second kappa shape index (κ2) is 1.60. The van der Waals surface area contributed by atoms with Crippen LogP contribution < -0.4 is 0 Å². The summed E-state index contributed by atoms with van der Waals surface area (Å²) < 4.78 is 0. The monoisotopic (exact) mass is 149 g/mol. The first kappa shape index (κ1) is 5.85. The molecule has 1 saturated heterocycles. The van der Waals surface area contributed by atoms with Gasteiger partial charge in [-0.15, -0.1) is 0 Å². The Morgan fingerprint density at radius 1 is 1.43 bits per heavy atom. The first-order valence-electron chi connectivity index (χ1n) is 2.60. The summed E-state index contributed by atoms with van der Waals surface area (Å²) in [4.78, 5) is 0. The lowest BCUT2D eigenvalue weighted by atomic mass is 11.7. The fourth-order valence-corrected chi connectivity index (χ4v) is 15.4. The summed E-state index contributed by atoms with van der Waals surface area (Å²) in [6.45, 7) is 4.84. The Bertz CT molecular complexity index is 73.8. The second-order valence-electron chi connectivity index (χ2n) is 3.04. The molecule has 0 nitrogen and oxygen atoms in total. The van der Waals surface area contributed by atoms with Crippen LogP contribution in [-0.2, 0) is 0 Å². The minimum atomic E-state index is -0.600. The Balaban J connectivity index is 2.29. The molecule has 1 aliphatic heterocycles. The van der Waals surface area contributed by atoms with Crippen LogP contribution in [0.25, 0.3) is 0 Å². The normalized spacial score (nSPS) is 29.6. The van der Waals surface area contributed by atoms with Crippen LogP contribution in [0.3, 0.4) is 0 Å². The predicted molar refractivity (Wildman–Crippen MR) is 38.7 cm³/mol. The van der Waals surface area contributed by atoms with Gasteiger partial charge in [-0.25, -0.2) is 0 Å². The largest absolute Gasteiger partial charge is 0.170 e. The van der Waals surface area contributed by atoms with Gasteiger partial charge in [0.05, 0.1) is 0 Å². The third kappa shape index (κ3) is 1.30. The maximum Gasteiger partial charge on any atom is 0.159 e. The molecule has 1 fully saturated rings. The Hall–Kier alpha value is 0.724. The van der Waals surface area contributed by atoms with Gasteiger partial charge < -0.3 is 0 Å². The molecule has 0 unspecified atom stereocenters. The predicted octanol–water partition coefficient (Wildman–Crippen LogP) is 2.02. The number of hydrogen-bond acceptors (Lipinski definition) is 0. The van der Waals surface area contributed by atoms with Gasteiger partial charge in [0.2, 0.25) is 0 Å². The molecule has 0 amide bonds. The smallest absolute Gasteiger partial charge is 0.159 e. The van der Waals surface area contributed by atoms with Crippen molar-refractivity contribution in [3.05, 3.63) is 0 Å². The second-order valence-corrected chi connectivity index (χ2v) is 12.8. The van der Waals surface area contributed by atoms with Crippen LogP contribution in [0.4, 0.5) is 0 Å². The molecule has 0 saturated carbocycles. The van der Waals surface area contributed by atoms with E-state index in [2.05, 4.69) is 13.1 Å². The zero-order valence-electron chi connectivity index (χ0n) is 4.79. The van der Waals surface area contributed by atoms with Crippen molar-refractivity contribution in [3.8, 4) is 0 Å². The van der Waals surface area contributed by atoms with Gasteiger partial charge in [0, 0.05) is 8.07 Å². The Morgan fingerprint density at radius 3 is 1.86 bits per heavy atom. The van der Waals surface area contributed by atoms with Crippen LogP contribution in [0.5, 0.6) is 0 Å². The van der Waals surface area contributed by atoms with Gasteiger partial charge in [0.25, 0.3) is 0 Å². The zero-order valence-corrected chi connectivity index (χ0v) is 7.55. The summed E-state index contributed by atoms with van der Waals surface area (Å²) in [5.41, 5.74) is 2.89. The quantitative estimate of drug-likeness (QED) is 0.365. The molecule has 0 spiro atoms.